The smallest absolute Gasteiger partial charge is 0.147 e. The fourth-order valence-electron chi connectivity index (χ4n) is 3.76. The fourth-order valence-corrected chi connectivity index (χ4v) is 4.75. The Labute approximate surface area is 205 Å². The normalized spacial score (nSPS) is 16.9. The van der Waals surface area contributed by atoms with Crippen molar-refractivity contribution in [1.29, 1.82) is 0 Å². The van der Waals surface area contributed by atoms with Crippen LogP contribution in [0.5, 0.6) is 5.75 Å². The minimum atomic E-state index is -0.952. The lowest BCUT2D eigenvalue weighted by Gasteiger charge is -2.38. The van der Waals surface area contributed by atoms with Crippen molar-refractivity contribution in [3.05, 3.63) is 68.1 Å². The summed E-state index contributed by atoms with van der Waals surface area (Å²) in [5.41, 5.74) is 1.28. The number of halogens is 5. The number of aromatic nitrogens is 1. The van der Waals surface area contributed by atoms with Gasteiger partial charge < -0.3 is 19.7 Å². The summed E-state index contributed by atoms with van der Waals surface area (Å²) in [5.74, 6) is 1.00. The molecule has 0 amide bonds. The average Bonchev–Trinajstić information content (AvgIpc) is 3.45. The van der Waals surface area contributed by atoms with Crippen LogP contribution in [-0.4, -0.2) is 23.4 Å². The maximum atomic E-state index is 13.6. The van der Waals surface area contributed by atoms with Crippen molar-refractivity contribution in [3.63, 3.8) is 0 Å². The molecule has 0 atom stereocenters. The maximum absolute atomic E-state index is 13.6. The Morgan fingerprint density at radius 2 is 1.81 bits per heavy atom. The zero-order chi connectivity index (χ0) is 21.8. The van der Waals surface area contributed by atoms with Crippen LogP contribution in [0.2, 0.25) is 15.1 Å². The van der Waals surface area contributed by atoms with Gasteiger partial charge in [-0.1, -0.05) is 46.0 Å². The second-order valence-corrected chi connectivity index (χ2v) is 9.18. The van der Waals surface area contributed by atoms with Crippen LogP contribution < -0.4 is 10.1 Å². The molecule has 5 nitrogen and oxygen atoms in total. The van der Waals surface area contributed by atoms with Crippen LogP contribution >= 0.6 is 47.2 Å². The van der Waals surface area contributed by atoms with Gasteiger partial charge in [-0.25, -0.2) is 4.39 Å². The Hall–Kier alpha value is -1.54. The summed E-state index contributed by atoms with van der Waals surface area (Å²) in [4.78, 5) is 0. The largest absolute Gasteiger partial charge is 0.489 e. The zero-order valence-electron chi connectivity index (χ0n) is 16.6. The lowest BCUT2D eigenvalue weighted by Crippen LogP contribution is -2.56. The Morgan fingerprint density at radius 1 is 1.12 bits per heavy atom. The summed E-state index contributed by atoms with van der Waals surface area (Å²) in [6.07, 6.45) is 2.00. The van der Waals surface area contributed by atoms with Crippen molar-refractivity contribution in [2.75, 3.05) is 13.1 Å². The van der Waals surface area contributed by atoms with Crippen LogP contribution in [0, 0.1) is 5.82 Å². The first kappa shape index (κ1) is 23.6. The van der Waals surface area contributed by atoms with Gasteiger partial charge in [0.25, 0.3) is 0 Å². The van der Waals surface area contributed by atoms with Crippen LogP contribution in [0.4, 0.5) is 4.39 Å². The molecule has 10 heteroatoms. The van der Waals surface area contributed by atoms with Crippen molar-refractivity contribution < 1.29 is 18.8 Å². The molecule has 2 aromatic carbocycles. The topological polar surface area (TPSA) is 67.5 Å². The number of aliphatic hydroxyl groups is 1. The Balaban J connectivity index is 0.00000245. The van der Waals surface area contributed by atoms with Crippen LogP contribution in [0.1, 0.15) is 35.6 Å². The van der Waals surface area contributed by atoms with Crippen LogP contribution in [-0.2, 0) is 12.2 Å². The number of β-amino-alcohol motifs (C(OH)–C–C–N with tert-alkyl or cyclic N) is 1. The fraction of sp³-hybridized carbons (Fsp3) is 0.318. The maximum Gasteiger partial charge on any atom is 0.147 e. The Kier molecular flexibility index (Phi) is 6.65. The molecule has 1 aromatic heterocycles. The van der Waals surface area contributed by atoms with Crippen molar-refractivity contribution in [2.45, 2.75) is 31.0 Å². The van der Waals surface area contributed by atoms with Gasteiger partial charge in [0.2, 0.25) is 0 Å². The van der Waals surface area contributed by atoms with Gasteiger partial charge in [0, 0.05) is 30.1 Å². The summed E-state index contributed by atoms with van der Waals surface area (Å²) in [7, 11) is 0. The van der Waals surface area contributed by atoms with Crippen LogP contribution in [0.25, 0.3) is 11.3 Å². The molecule has 2 aliphatic rings. The highest BCUT2D eigenvalue weighted by Gasteiger charge is 2.38. The molecule has 5 rings (SSSR count). The number of rotatable bonds is 6. The number of nitrogens with zero attached hydrogens (tertiary/aromatic N) is 1. The predicted octanol–water partition coefficient (Wildman–Crippen LogP) is 6.11. The van der Waals surface area contributed by atoms with E-state index in [1.54, 1.807) is 18.2 Å². The second-order valence-electron chi connectivity index (χ2n) is 7.96. The molecule has 1 saturated heterocycles. The Bertz CT molecular complexity index is 1140. The first-order chi connectivity index (χ1) is 14.9. The van der Waals surface area contributed by atoms with E-state index in [0.29, 0.717) is 40.7 Å². The number of ether oxygens (including phenoxy) is 1. The molecule has 0 radical (unpaired) electrons. The highest BCUT2D eigenvalue weighted by molar-refractivity contribution is 6.39. The molecule has 1 aliphatic heterocycles. The second kappa shape index (κ2) is 9.01. The lowest BCUT2D eigenvalue weighted by atomic mass is 9.88. The van der Waals surface area contributed by atoms with E-state index in [1.807, 2.05) is 0 Å². The predicted molar refractivity (Wildman–Crippen MR) is 124 cm³/mol. The first-order valence-corrected chi connectivity index (χ1v) is 11.0. The van der Waals surface area contributed by atoms with E-state index in [2.05, 4.69) is 10.5 Å². The molecule has 2 heterocycles. The van der Waals surface area contributed by atoms with Gasteiger partial charge in [-0.2, -0.15) is 0 Å². The first-order valence-electron chi connectivity index (χ1n) is 9.85. The van der Waals surface area contributed by atoms with Gasteiger partial charge in [-0.05, 0) is 37.1 Å². The number of hydrogen-bond acceptors (Lipinski definition) is 5. The zero-order valence-corrected chi connectivity index (χ0v) is 19.7. The van der Waals surface area contributed by atoms with Crippen molar-refractivity contribution in [3.8, 4) is 17.0 Å². The summed E-state index contributed by atoms with van der Waals surface area (Å²) >= 11 is 18.9. The number of hydrogen-bond donors (Lipinski definition) is 2. The minimum absolute atomic E-state index is 0. The van der Waals surface area contributed by atoms with Crippen molar-refractivity contribution in [2.24, 2.45) is 0 Å². The standard InChI is InChI=1S/C22H18Cl3FN2O3.ClH/c23-16-7-13(3-4-15(16)22(29)9-27-10-22)30-8-14-20(28-31-21(14)11-1-2-11)19-17(24)5-12(26)6-18(19)25;/h3-7,11,27,29H,1-2,8-10H2;1H. The van der Waals surface area contributed by atoms with Gasteiger partial charge in [0.05, 0.1) is 20.6 Å². The van der Waals surface area contributed by atoms with Gasteiger partial charge in [0.15, 0.2) is 0 Å². The van der Waals surface area contributed by atoms with Crippen LogP contribution in [0.3, 0.4) is 0 Å². The third-order valence-corrected chi connectivity index (χ3v) is 6.58. The summed E-state index contributed by atoms with van der Waals surface area (Å²) < 4.78 is 25.2. The third-order valence-electron chi connectivity index (χ3n) is 5.67. The molecule has 2 N–H and O–H groups in total. The molecular formula is C22H19Cl4FN2O3. The summed E-state index contributed by atoms with van der Waals surface area (Å²) in [5, 5.41) is 18.5. The highest BCUT2D eigenvalue weighted by atomic mass is 35.5. The molecule has 0 spiro atoms. The van der Waals surface area contributed by atoms with E-state index in [9.17, 15) is 9.50 Å². The monoisotopic (exact) mass is 518 g/mol. The van der Waals surface area contributed by atoms with Crippen molar-refractivity contribution >= 4 is 47.2 Å². The molecule has 0 unspecified atom stereocenters. The van der Waals surface area contributed by atoms with Crippen LogP contribution in [0.15, 0.2) is 34.9 Å². The Morgan fingerprint density at radius 3 is 2.38 bits per heavy atom. The molecular weight excluding hydrogens is 501 g/mol. The molecule has 32 heavy (non-hydrogen) atoms. The van der Waals surface area contributed by atoms with Gasteiger partial charge in [0.1, 0.15) is 35.2 Å². The molecule has 0 bridgehead atoms. The third kappa shape index (κ3) is 4.32. The minimum Gasteiger partial charge on any atom is -0.489 e. The van der Waals surface area contributed by atoms with E-state index in [-0.39, 0.29) is 35.0 Å². The quantitative estimate of drug-likeness (QED) is 0.411. The molecule has 1 aliphatic carbocycles. The molecule has 170 valence electrons. The van der Waals surface area contributed by atoms with E-state index in [4.69, 9.17) is 44.1 Å². The molecule has 2 fully saturated rings. The number of benzene rings is 2. The molecule has 3 aromatic rings. The van der Waals surface area contributed by atoms with Gasteiger partial charge in [-0.15, -0.1) is 12.4 Å². The van der Waals surface area contributed by atoms with Gasteiger partial charge >= 0.3 is 0 Å². The van der Waals surface area contributed by atoms with E-state index < -0.39 is 11.4 Å². The SMILES string of the molecule is Cl.OC1(c2ccc(OCc3c(-c4c(Cl)cc(F)cc4Cl)noc3C3CC3)cc2Cl)CNC1. The van der Waals surface area contributed by atoms with E-state index in [1.165, 1.54) is 12.1 Å². The summed E-state index contributed by atoms with van der Waals surface area (Å²) in [6, 6.07) is 7.59. The lowest BCUT2D eigenvalue weighted by molar-refractivity contribution is -0.0145. The highest BCUT2D eigenvalue weighted by Crippen LogP contribution is 2.46. The van der Waals surface area contributed by atoms with Crippen molar-refractivity contribution in [1.82, 2.24) is 10.5 Å². The summed E-state index contributed by atoms with van der Waals surface area (Å²) in [6.45, 7) is 1.07. The number of nitrogens with one attached hydrogen (secondary N) is 1. The van der Waals surface area contributed by atoms with E-state index in [0.717, 1.165) is 24.2 Å². The molecule has 1 saturated carbocycles. The van der Waals surface area contributed by atoms with E-state index >= 15 is 0 Å². The van der Waals surface area contributed by atoms with Gasteiger partial charge in [-0.3, -0.25) is 0 Å². The average molecular weight is 520 g/mol.